The molecular formula is C32H32F3N5O3S. The van der Waals surface area contributed by atoms with E-state index in [2.05, 4.69) is 27.6 Å². The van der Waals surface area contributed by atoms with Gasteiger partial charge in [-0.2, -0.15) is 13.2 Å². The predicted octanol–water partition coefficient (Wildman–Crippen LogP) is 5.80. The quantitative estimate of drug-likeness (QED) is 0.225. The maximum Gasteiger partial charge on any atom is 0.416 e. The van der Waals surface area contributed by atoms with Crippen LogP contribution in [-0.2, 0) is 23.9 Å². The summed E-state index contributed by atoms with van der Waals surface area (Å²) < 4.78 is 47.2. The number of amides is 2. The Balaban J connectivity index is 1.27. The van der Waals surface area contributed by atoms with Gasteiger partial charge < -0.3 is 15.0 Å². The molecule has 0 radical (unpaired) electrons. The van der Waals surface area contributed by atoms with Crippen molar-refractivity contribution in [3.8, 4) is 11.4 Å². The first-order chi connectivity index (χ1) is 21.2. The van der Waals surface area contributed by atoms with Gasteiger partial charge in [0.2, 0.25) is 5.91 Å². The molecule has 0 bridgehead atoms. The van der Waals surface area contributed by atoms with Crippen molar-refractivity contribution in [1.82, 2.24) is 25.0 Å². The molecule has 8 nitrogen and oxygen atoms in total. The van der Waals surface area contributed by atoms with Gasteiger partial charge in [-0.1, -0.05) is 48.2 Å². The highest BCUT2D eigenvalue weighted by Gasteiger charge is 2.31. The molecule has 0 aliphatic carbocycles. The van der Waals surface area contributed by atoms with Crippen molar-refractivity contribution in [3.63, 3.8) is 0 Å². The van der Waals surface area contributed by atoms with Gasteiger partial charge in [0, 0.05) is 18.7 Å². The van der Waals surface area contributed by atoms with Crippen molar-refractivity contribution in [2.45, 2.75) is 37.1 Å². The van der Waals surface area contributed by atoms with E-state index in [4.69, 9.17) is 4.74 Å². The number of thioether (sulfide) groups is 1. The van der Waals surface area contributed by atoms with E-state index < -0.39 is 17.6 Å². The second kappa shape index (κ2) is 14.0. The number of nitrogens with one attached hydrogen (secondary N) is 1. The van der Waals surface area contributed by atoms with E-state index in [1.54, 1.807) is 24.3 Å². The average Bonchev–Trinajstić information content (AvgIpc) is 3.45. The lowest BCUT2D eigenvalue weighted by atomic mass is 9.90. The number of rotatable bonds is 10. The molecule has 230 valence electrons. The molecule has 12 heteroatoms. The molecule has 0 saturated carbocycles. The molecule has 1 aromatic heterocycles. The highest BCUT2D eigenvalue weighted by Crippen LogP contribution is 2.32. The van der Waals surface area contributed by atoms with Crippen molar-refractivity contribution in [1.29, 1.82) is 0 Å². The van der Waals surface area contributed by atoms with Crippen LogP contribution in [0.25, 0.3) is 5.69 Å². The summed E-state index contributed by atoms with van der Waals surface area (Å²) in [5, 5.41) is 11.4. The molecule has 3 aromatic carbocycles. The lowest BCUT2D eigenvalue weighted by Gasteiger charge is -2.32. The number of hydrogen-bond donors (Lipinski definition) is 1. The van der Waals surface area contributed by atoms with Gasteiger partial charge in [0.25, 0.3) is 5.91 Å². The molecular weight excluding hydrogens is 591 g/mol. The first-order valence-corrected chi connectivity index (χ1v) is 15.2. The number of hydrogen-bond acceptors (Lipinski definition) is 6. The molecule has 1 saturated heterocycles. The maximum atomic E-state index is 13.6. The summed E-state index contributed by atoms with van der Waals surface area (Å²) in [7, 11) is 1.52. The Morgan fingerprint density at radius 1 is 0.977 bits per heavy atom. The van der Waals surface area contributed by atoms with Crippen LogP contribution in [0, 0.1) is 5.92 Å². The number of ether oxygens (including phenoxy) is 1. The SMILES string of the molecule is COc1ccc(C(=O)NCc2nnc(SCC(=O)N3CCC(Cc4ccccc4)CC3)n2-c2cccc(C(F)(F)F)c2)cc1. The molecule has 4 aromatic rings. The van der Waals surface area contributed by atoms with E-state index in [0.717, 1.165) is 43.2 Å². The second-order valence-corrected chi connectivity index (χ2v) is 11.4. The number of carbonyl (C=O) groups excluding carboxylic acids is 2. The third kappa shape index (κ3) is 7.79. The van der Waals surface area contributed by atoms with E-state index in [1.807, 2.05) is 23.1 Å². The van der Waals surface area contributed by atoms with Gasteiger partial charge >= 0.3 is 6.18 Å². The number of alkyl halides is 3. The molecule has 2 heterocycles. The summed E-state index contributed by atoms with van der Waals surface area (Å²) in [6.45, 7) is 1.21. The van der Waals surface area contributed by atoms with Crippen LogP contribution in [0.5, 0.6) is 5.75 Å². The van der Waals surface area contributed by atoms with Crippen LogP contribution >= 0.6 is 11.8 Å². The van der Waals surface area contributed by atoms with Crippen LogP contribution in [0.4, 0.5) is 13.2 Å². The molecule has 0 spiro atoms. The van der Waals surface area contributed by atoms with Crippen LogP contribution < -0.4 is 10.1 Å². The molecule has 1 fully saturated rings. The highest BCUT2D eigenvalue weighted by atomic mass is 32.2. The second-order valence-electron chi connectivity index (χ2n) is 10.5. The third-order valence-electron chi connectivity index (χ3n) is 7.55. The van der Waals surface area contributed by atoms with Crippen molar-refractivity contribution in [2.75, 3.05) is 26.0 Å². The van der Waals surface area contributed by atoms with E-state index in [9.17, 15) is 22.8 Å². The van der Waals surface area contributed by atoms with Gasteiger partial charge in [0.05, 0.1) is 30.7 Å². The number of piperidine rings is 1. The van der Waals surface area contributed by atoms with Crippen LogP contribution in [-0.4, -0.2) is 57.4 Å². The molecule has 0 atom stereocenters. The smallest absolute Gasteiger partial charge is 0.416 e. The fraction of sp³-hybridized carbons (Fsp3) is 0.312. The van der Waals surface area contributed by atoms with E-state index >= 15 is 0 Å². The monoisotopic (exact) mass is 623 g/mol. The van der Waals surface area contributed by atoms with Crippen LogP contribution in [0.15, 0.2) is 84.0 Å². The average molecular weight is 624 g/mol. The zero-order chi connectivity index (χ0) is 31.1. The minimum atomic E-state index is -4.55. The minimum Gasteiger partial charge on any atom is -0.497 e. The largest absolute Gasteiger partial charge is 0.497 e. The Morgan fingerprint density at radius 3 is 2.39 bits per heavy atom. The standard InChI is InChI=1S/C32H32F3N5O3S/c1-43-27-12-10-24(11-13-27)30(42)36-20-28-37-38-31(40(28)26-9-5-8-25(19-26)32(33,34)35)44-21-29(41)39-16-14-23(15-17-39)18-22-6-3-2-4-7-22/h2-13,19,23H,14-18,20-21H2,1H3,(H,36,42). The summed E-state index contributed by atoms with van der Waals surface area (Å²) in [4.78, 5) is 27.7. The van der Waals surface area contributed by atoms with Gasteiger partial charge in [0.15, 0.2) is 11.0 Å². The topological polar surface area (TPSA) is 89.3 Å². The number of benzene rings is 3. The van der Waals surface area contributed by atoms with Crippen molar-refractivity contribution in [2.24, 2.45) is 5.92 Å². The minimum absolute atomic E-state index is 0.0542. The van der Waals surface area contributed by atoms with Crippen molar-refractivity contribution in [3.05, 3.63) is 101 Å². The van der Waals surface area contributed by atoms with Crippen molar-refractivity contribution >= 4 is 23.6 Å². The van der Waals surface area contributed by atoms with Gasteiger partial charge in [-0.05, 0) is 73.2 Å². The Hall–Kier alpha value is -4.32. The Morgan fingerprint density at radius 2 is 1.70 bits per heavy atom. The zero-order valence-electron chi connectivity index (χ0n) is 24.1. The fourth-order valence-corrected chi connectivity index (χ4v) is 6.02. The zero-order valence-corrected chi connectivity index (χ0v) is 24.9. The molecule has 1 N–H and O–H groups in total. The molecule has 44 heavy (non-hydrogen) atoms. The molecule has 1 aliphatic heterocycles. The number of nitrogens with zero attached hydrogens (tertiary/aromatic N) is 4. The first-order valence-electron chi connectivity index (χ1n) is 14.2. The van der Waals surface area contributed by atoms with Gasteiger partial charge in [-0.25, -0.2) is 0 Å². The maximum absolute atomic E-state index is 13.6. The summed E-state index contributed by atoms with van der Waals surface area (Å²) >= 11 is 1.11. The van der Waals surface area contributed by atoms with Gasteiger partial charge in [-0.15, -0.1) is 10.2 Å². The Labute approximate surface area is 257 Å². The van der Waals surface area contributed by atoms with E-state index in [-0.39, 0.29) is 34.9 Å². The normalized spacial score (nSPS) is 14.0. The number of carbonyl (C=O) groups is 2. The summed E-state index contributed by atoms with van der Waals surface area (Å²) in [5.74, 6) is 0.918. The van der Waals surface area contributed by atoms with Gasteiger partial charge in [0.1, 0.15) is 5.75 Å². The number of aromatic nitrogens is 3. The third-order valence-corrected chi connectivity index (χ3v) is 8.46. The lowest BCUT2D eigenvalue weighted by Crippen LogP contribution is -2.39. The predicted molar refractivity (Wildman–Crippen MR) is 161 cm³/mol. The number of halogens is 3. The van der Waals surface area contributed by atoms with E-state index in [1.165, 1.54) is 29.4 Å². The summed E-state index contributed by atoms with van der Waals surface area (Å²) in [6.07, 6.45) is -1.76. The molecule has 5 rings (SSSR count). The Bertz CT molecular complexity index is 1570. The van der Waals surface area contributed by atoms with Gasteiger partial charge in [-0.3, -0.25) is 14.2 Å². The molecule has 2 amide bonds. The summed E-state index contributed by atoms with van der Waals surface area (Å²) in [6, 6.07) is 21.6. The summed E-state index contributed by atoms with van der Waals surface area (Å²) in [5.41, 5.74) is 1.01. The molecule has 1 aliphatic rings. The number of likely N-dealkylation sites (tertiary alicyclic amines) is 1. The van der Waals surface area contributed by atoms with E-state index in [0.29, 0.717) is 30.3 Å². The Kier molecular flexibility index (Phi) is 9.89. The van der Waals surface area contributed by atoms with Crippen LogP contribution in [0.2, 0.25) is 0 Å². The molecule has 0 unspecified atom stereocenters. The lowest BCUT2D eigenvalue weighted by molar-refractivity contribution is -0.137. The highest BCUT2D eigenvalue weighted by molar-refractivity contribution is 7.99. The van der Waals surface area contributed by atoms with Crippen LogP contribution in [0.1, 0.15) is 40.2 Å². The first kappa shape index (κ1) is 31.1. The van der Waals surface area contributed by atoms with Crippen LogP contribution in [0.3, 0.4) is 0 Å². The number of methoxy groups -OCH3 is 1. The fourth-order valence-electron chi connectivity index (χ4n) is 5.14. The van der Waals surface area contributed by atoms with Crippen molar-refractivity contribution < 1.29 is 27.5 Å².